The van der Waals surface area contributed by atoms with E-state index in [-0.39, 0.29) is 0 Å². The molecular weight excluding hydrogens is 281 g/mol. The SMILES string of the molecule is Clc1cc(-c2nc(CNC3CC3)no2)c(Cl)s1. The molecule has 2 aromatic heterocycles. The van der Waals surface area contributed by atoms with Gasteiger partial charge in [0.25, 0.3) is 5.89 Å². The van der Waals surface area contributed by atoms with Crippen molar-refractivity contribution in [3.63, 3.8) is 0 Å². The third kappa shape index (κ3) is 2.63. The molecule has 0 saturated heterocycles. The van der Waals surface area contributed by atoms with E-state index in [1.807, 2.05) is 0 Å². The van der Waals surface area contributed by atoms with Crippen LogP contribution in [0.3, 0.4) is 0 Å². The van der Waals surface area contributed by atoms with Crippen molar-refractivity contribution < 1.29 is 4.52 Å². The van der Waals surface area contributed by atoms with Gasteiger partial charge in [-0.2, -0.15) is 4.98 Å². The van der Waals surface area contributed by atoms with Crippen molar-refractivity contribution in [1.29, 1.82) is 0 Å². The highest BCUT2D eigenvalue weighted by Gasteiger charge is 2.21. The van der Waals surface area contributed by atoms with Crippen LogP contribution in [0.4, 0.5) is 0 Å². The maximum atomic E-state index is 6.02. The van der Waals surface area contributed by atoms with Gasteiger partial charge in [-0.15, -0.1) is 11.3 Å². The summed E-state index contributed by atoms with van der Waals surface area (Å²) in [6, 6.07) is 2.36. The molecule has 1 N–H and O–H groups in total. The summed E-state index contributed by atoms with van der Waals surface area (Å²) in [7, 11) is 0. The maximum absolute atomic E-state index is 6.02. The molecule has 0 aliphatic heterocycles. The third-order valence-electron chi connectivity index (χ3n) is 2.48. The summed E-state index contributed by atoms with van der Waals surface area (Å²) in [6.07, 6.45) is 2.47. The molecule has 4 nitrogen and oxygen atoms in total. The fourth-order valence-corrected chi connectivity index (χ4v) is 2.89. The zero-order valence-corrected chi connectivity index (χ0v) is 11.1. The molecular formula is C10H9Cl2N3OS. The highest BCUT2D eigenvalue weighted by atomic mass is 35.5. The molecule has 0 amide bonds. The largest absolute Gasteiger partial charge is 0.334 e. The van der Waals surface area contributed by atoms with E-state index in [1.165, 1.54) is 24.2 Å². The molecule has 1 aliphatic rings. The predicted octanol–water partition coefficient (Wildman–Crippen LogP) is 3.36. The Hall–Kier alpha value is -0.620. The Labute approximate surface area is 112 Å². The summed E-state index contributed by atoms with van der Waals surface area (Å²) in [4.78, 5) is 4.28. The molecule has 90 valence electrons. The van der Waals surface area contributed by atoms with Crippen LogP contribution >= 0.6 is 34.5 Å². The fourth-order valence-electron chi connectivity index (χ4n) is 1.44. The molecule has 0 aromatic carbocycles. The van der Waals surface area contributed by atoms with Crippen LogP contribution in [0.2, 0.25) is 8.67 Å². The number of nitrogens with zero attached hydrogens (tertiary/aromatic N) is 2. The molecule has 1 fully saturated rings. The van der Waals surface area contributed by atoms with Gasteiger partial charge < -0.3 is 9.84 Å². The van der Waals surface area contributed by atoms with E-state index >= 15 is 0 Å². The average molecular weight is 290 g/mol. The van der Waals surface area contributed by atoms with Crippen molar-refractivity contribution in [2.75, 3.05) is 0 Å². The number of hydrogen-bond acceptors (Lipinski definition) is 5. The first-order valence-corrected chi connectivity index (χ1v) is 6.81. The monoisotopic (exact) mass is 289 g/mol. The van der Waals surface area contributed by atoms with E-state index in [9.17, 15) is 0 Å². The van der Waals surface area contributed by atoms with E-state index in [2.05, 4.69) is 15.5 Å². The van der Waals surface area contributed by atoms with E-state index in [1.54, 1.807) is 6.07 Å². The van der Waals surface area contributed by atoms with Crippen molar-refractivity contribution in [3.8, 4) is 11.5 Å². The van der Waals surface area contributed by atoms with Gasteiger partial charge >= 0.3 is 0 Å². The van der Waals surface area contributed by atoms with Crippen molar-refractivity contribution in [1.82, 2.24) is 15.5 Å². The molecule has 0 radical (unpaired) electrons. The summed E-state index contributed by atoms with van der Waals surface area (Å²) in [5, 5.41) is 7.21. The van der Waals surface area contributed by atoms with Crippen LogP contribution in [0.1, 0.15) is 18.7 Å². The Morgan fingerprint density at radius 3 is 2.94 bits per heavy atom. The molecule has 0 bridgehead atoms. The zero-order chi connectivity index (χ0) is 11.8. The Morgan fingerprint density at radius 1 is 1.47 bits per heavy atom. The molecule has 0 spiro atoms. The fraction of sp³-hybridized carbons (Fsp3) is 0.400. The first-order chi connectivity index (χ1) is 8.22. The van der Waals surface area contributed by atoms with E-state index in [0.29, 0.717) is 38.5 Å². The second-order valence-electron chi connectivity index (χ2n) is 3.91. The first kappa shape index (κ1) is 11.5. The highest BCUT2D eigenvalue weighted by Crippen LogP contribution is 2.37. The number of halogens is 2. The van der Waals surface area contributed by atoms with E-state index < -0.39 is 0 Å². The van der Waals surface area contributed by atoms with Gasteiger partial charge in [0.2, 0.25) is 0 Å². The Kier molecular flexibility index (Phi) is 3.08. The second kappa shape index (κ2) is 4.57. The van der Waals surface area contributed by atoms with Crippen LogP contribution in [0.15, 0.2) is 10.6 Å². The lowest BCUT2D eigenvalue weighted by atomic mass is 10.3. The molecule has 2 heterocycles. The van der Waals surface area contributed by atoms with Crippen LogP contribution in [-0.2, 0) is 6.54 Å². The molecule has 1 saturated carbocycles. The van der Waals surface area contributed by atoms with Gasteiger partial charge in [-0.05, 0) is 18.9 Å². The van der Waals surface area contributed by atoms with Crippen molar-refractivity contribution in [3.05, 3.63) is 20.6 Å². The lowest BCUT2D eigenvalue weighted by Crippen LogP contribution is -2.16. The van der Waals surface area contributed by atoms with Gasteiger partial charge in [0.1, 0.15) is 4.34 Å². The maximum Gasteiger partial charge on any atom is 0.260 e. The van der Waals surface area contributed by atoms with E-state index in [0.717, 1.165) is 0 Å². The predicted molar refractivity (Wildman–Crippen MR) is 67.5 cm³/mol. The smallest absolute Gasteiger partial charge is 0.260 e. The summed E-state index contributed by atoms with van der Waals surface area (Å²) in [5.74, 6) is 1.07. The minimum Gasteiger partial charge on any atom is -0.334 e. The van der Waals surface area contributed by atoms with Crippen LogP contribution in [-0.4, -0.2) is 16.2 Å². The number of nitrogens with one attached hydrogen (secondary N) is 1. The van der Waals surface area contributed by atoms with E-state index in [4.69, 9.17) is 27.7 Å². The van der Waals surface area contributed by atoms with Crippen molar-refractivity contribution in [2.45, 2.75) is 25.4 Å². The van der Waals surface area contributed by atoms with Crippen LogP contribution in [0.25, 0.3) is 11.5 Å². The number of thiophene rings is 1. The second-order valence-corrected chi connectivity index (χ2v) is 6.19. The molecule has 0 atom stereocenters. The van der Waals surface area contributed by atoms with Crippen molar-refractivity contribution >= 4 is 34.5 Å². The Bertz CT molecular complexity index is 535. The number of aromatic nitrogens is 2. The Balaban J connectivity index is 1.76. The van der Waals surface area contributed by atoms with Crippen LogP contribution < -0.4 is 5.32 Å². The lowest BCUT2D eigenvalue weighted by molar-refractivity contribution is 0.419. The molecule has 3 rings (SSSR count). The normalized spacial score (nSPS) is 15.4. The van der Waals surface area contributed by atoms with Crippen LogP contribution in [0, 0.1) is 0 Å². The standard InChI is InChI=1S/C10H9Cl2N3OS/c11-7-3-6(9(12)17-7)10-14-8(15-16-10)4-13-5-1-2-5/h3,5,13H,1-2,4H2. The molecule has 7 heteroatoms. The van der Waals surface area contributed by atoms with Gasteiger partial charge in [0.15, 0.2) is 5.82 Å². The van der Waals surface area contributed by atoms with Gasteiger partial charge in [0.05, 0.1) is 16.4 Å². The minimum atomic E-state index is 0.422. The summed E-state index contributed by atoms with van der Waals surface area (Å²) in [5.41, 5.74) is 0.701. The van der Waals surface area contributed by atoms with Crippen LogP contribution in [0.5, 0.6) is 0 Å². The lowest BCUT2D eigenvalue weighted by Gasteiger charge is -1.94. The summed E-state index contributed by atoms with van der Waals surface area (Å²) in [6.45, 7) is 0.629. The molecule has 1 aliphatic carbocycles. The highest BCUT2D eigenvalue weighted by molar-refractivity contribution is 7.20. The van der Waals surface area contributed by atoms with Gasteiger partial charge in [-0.1, -0.05) is 28.4 Å². The first-order valence-electron chi connectivity index (χ1n) is 5.23. The average Bonchev–Trinajstić information content (AvgIpc) is 2.90. The third-order valence-corrected chi connectivity index (χ3v) is 3.97. The topological polar surface area (TPSA) is 51.0 Å². The molecule has 2 aromatic rings. The minimum absolute atomic E-state index is 0.422. The van der Waals surface area contributed by atoms with Gasteiger partial charge in [-0.25, -0.2) is 0 Å². The molecule has 0 unspecified atom stereocenters. The zero-order valence-electron chi connectivity index (χ0n) is 8.74. The molecule has 17 heavy (non-hydrogen) atoms. The summed E-state index contributed by atoms with van der Waals surface area (Å²) >= 11 is 13.2. The number of hydrogen-bond donors (Lipinski definition) is 1. The quantitative estimate of drug-likeness (QED) is 0.938. The van der Waals surface area contributed by atoms with Gasteiger partial charge in [0, 0.05) is 6.04 Å². The van der Waals surface area contributed by atoms with Crippen molar-refractivity contribution in [2.24, 2.45) is 0 Å². The number of rotatable bonds is 4. The van der Waals surface area contributed by atoms with Gasteiger partial charge in [-0.3, -0.25) is 0 Å². The summed E-state index contributed by atoms with van der Waals surface area (Å²) < 4.78 is 6.34. The Morgan fingerprint density at radius 2 is 2.29 bits per heavy atom.